The molecule has 0 bridgehead atoms. The van der Waals surface area contributed by atoms with Crippen LogP contribution in [0.4, 0.5) is 0 Å². The van der Waals surface area contributed by atoms with Crippen LogP contribution in [-0.2, 0) is 4.79 Å². The minimum Gasteiger partial charge on any atom is -0.308 e. The zero-order valence-electron chi connectivity index (χ0n) is 13.3. The maximum atomic E-state index is 10.9. The molecule has 2 heterocycles. The van der Waals surface area contributed by atoms with Crippen molar-refractivity contribution in [3.8, 4) is 11.1 Å². The molecule has 2 aromatic rings. The van der Waals surface area contributed by atoms with Crippen molar-refractivity contribution in [1.82, 2.24) is 9.99 Å². The Bertz CT molecular complexity index is 805. The Hall–Kier alpha value is -2.39. The van der Waals surface area contributed by atoms with Crippen LogP contribution in [0, 0.1) is 39.0 Å². The summed E-state index contributed by atoms with van der Waals surface area (Å²) in [5.74, 6) is -0.207. The number of nitrogens with one attached hydrogen (secondary N) is 1. The van der Waals surface area contributed by atoms with Gasteiger partial charge in [-0.25, -0.2) is 5.43 Å². The van der Waals surface area contributed by atoms with E-state index in [4.69, 9.17) is 0 Å². The SMILES string of the molecule is CC(=O)N/N=C\c1cc(C)n(-c2sc(C)c(C)c2C#N)c1C. The normalized spacial score (nSPS) is 10.9. The van der Waals surface area contributed by atoms with Gasteiger partial charge in [-0.05, 0) is 39.3 Å². The first kappa shape index (κ1) is 16.0. The van der Waals surface area contributed by atoms with E-state index in [9.17, 15) is 10.1 Å². The summed E-state index contributed by atoms with van der Waals surface area (Å²) in [4.78, 5) is 12.0. The second-order valence-corrected chi connectivity index (χ2v) is 6.37. The molecule has 2 rings (SSSR count). The van der Waals surface area contributed by atoms with Crippen LogP contribution in [0.15, 0.2) is 11.2 Å². The molecule has 0 radical (unpaired) electrons. The fourth-order valence-electron chi connectivity index (χ4n) is 2.32. The van der Waals surface area contributed by atoms with E-state index in [1.54, 1.807) is 17.6 Å². The summed E-state index contributed by atoms with van der Waals surface area (Å²) in [5.41, 5.74) is 7.08. The summed E-state index contributed by atoms with van der Waals surface area (Å²) >= 11 is 1.62. The molecule has 0 saturated heterocycles. The molecule has 0 saturated carbocycles. The van der Waals surface area contributed by atoms with Gasteiger partial charge in [-0.2, -0.15) is 10.4 Å². The van der Waals surface area contributed by atoms with E-state index in [1.807, 2.05) is 33.8 Å². The van der Waals surface area contributed by atoms with Gasteiger partial charge in [-0.1, -0.05) is 0 Å². The van der Waals surface area contributed by atoms with Gasteiger partial charge in [0.15, 0.2) is 0 Å². The highest BCUT2D eigenvalue weighted by molar-refractivity contribution is 7.14. The average Bonchev–Trinajstić information content (AvgIpc) is 2.87. The van der Waals surface area contributed by atoms with Crippen LogP contribution < -0.4 is 5.43 Å². The maximum Gasteiger partial charge on any atom is 0.236 e. The van der Waals surface area contributed by atoms with Gasteiger partial charge in [0.2, 0.25) is 5.91 Å². The zero-order valence-corrected chi connectivity index (χ0v) is 14.1. The number of nitriles is 1. The van der Waals surface area contributed by atoms with Crippen molar-refractivity contribution in [2.24, 2.45) is 5.10 Å². The topological polar surface area (TPSA) is 70.2 Å². The average molecular weight is 314 g/mol. The minimum absolute atomic E-state index is 0.207. The lowest BCUT2D eigenvalue weighted by molar-refractivity contribution is -0.118. The van der Waals surface area contributed by atoms with Crippen LogP contribution in [0.25, 0.3) is 5.00 Å². The number of amides is 1. The van der Waals surface area contributed by atoms with E-state index in [0.29, 0.717) is 0 Å². The Kier molecular flexibility index (Phi) is 4.48. The first-order valence-corrected chi connectivity index (χ1v) is 7.67. The molecule has 0 unspecified atom stereocenters. The van der Waals surface area contributed by atoms with Gasteiger partial charge in [-0.3, -0.25) is 4.79 Å². The Morgan fingerprint density at radius 2 is 2.09 bits per heavy atom. The molecule has 0 atom stereocenters. The first-order chi connectivity index (χ1) is 10.4. The van der Waals surface area contributed by atoms with Crippen LogP contribution in [0.2, 0.25) is 0 Å². The van der Waals surface area contributed by atoms with Crippen LogP contribution in [0.1, 0.15) is 39.9 Å². The van der Waals surface area contributed by atoms with Gasteiger partial charge in [0.25, 0.3) is 0 Å². The number of aromatic nitrogens is 1. The van der Waals surface area contributed by atoms with E-state index < -0.39 is 0 Å². The highest BCUT2D eigenvalue weighted by Crippen LogP contribution is 2.33. The van der Waals surface area contributed by atoms with Gasteiger partial charge < -0.3 is 4.57 Å². The number of nitrogens with zero attached hydrogens (tertiary/aromatic N) is 3. The van der Waals surface area contributed by atoms with Crippen LogP contribution in [-0.4, -0.2) is 16.7 Å². The van der Waals surface area contributed by atoms with E-state index in [0.717, 1.165) is 38.0 Å². The smallest absolute Gasteiger partial charge is 0.236 e. The van der Waals surface area contributed by atoms with Crippen molar-refractivity contribution in [2.45, 2.75) is 34.6 Å². The van der Waals surface area contributed by atoms with Crippen molar-refractivity contribution >= 4 is 23.5 Å². The standard InChI is InChI=1S/C16H18N4OS/c1-9-6-14(8-18-19-13(5)21)11(3)20(9)16-15(7-17)10(2)12(4)22-16/h6,8H,1-5H3,(H,19,21)/b18-8-. The Morgan fingerprint density at radius 1 is 1.41 bits per heavy atom. The molecule has 6 heteroatoms. The van der Waals surface area contributed by atoms with Gasteiger partial charge in [0.1, 0.15) is 11.1 Å². The fraction of sp³-hybridized carbons (Fsp3) is 0.312. The molecule has 0 aliphatic rings. The second kappa shape index (κ2) is 6.16. The highest BCUT2D eigenvalue weighted by Gasteiger charge is 2.18. The molecular weight excluding hydrogens is 296 g/mol. The number of rotatable bonds is 3. The largest absolute Gasteiger partial charge is 0.308 e. The van der Waals surface area contributed by atoms with Crippen LogP contribution >= 0.6 is 11.3 Å². The van der Waals surface area contributed by atoms with Gasteiger partial charge in [-0.15, -0.1) is 11.3 Å². The number of carbonyl (C=O) groups is 1. The highest BCUT2D eigenvalue weighted by atomic mass is 32.1. The van der Waals surface area contributed by atoms with Crippen molar-refractivity contribution in [1.29, 1.82) is 5.26 Å². The van der Waals surface area contributed by atoms with Gasteiger partial charge in [0, 0.05) is 28.8 Å². The summed E-state index contributed by atoms with van der Waals surface area (Å²) < 4.78 is 2.07. The molecule has 5 nitrogen and oxygen atoms in total. The molecule has 0 aliphatic heterocycles. The molecule has 114 valence electrons. The number of aryl methyl sites for hydroxylation is 2. The van der Waals surface area contributed by atoms with Gasteiger partial charge >= 0.3 is 0 Å². The number of hydrogen-bond acceptors (Lipinski definition) is 4. The molecule has 1 N–H and O–H groups in total. The van der Waals surface area contributed by atoms with Crippen molar-refractivity contribution in [3.63, 3.8) is 0 Å². The lowest BCUT2D eigenvalue weighted by Gasteiger charge is -2.07. The summed E-state index contributed by atoms with van der Waals surface area (Å²) in [6, 6.07) is 4.30. The van der Waals surface area contributed by atoms with Crippen LogP contribution in [0.3, 0.4) is 0 Å². The van der Waals surface area contributed by atoms with E-state index in [1.165, 1.54) is 6.92 Å². The predicted octanol–water partition coefficient (Wildman–Crippen LogP) is 3.11. The molecular formula is C16H18N4OS. The molecule has 22 heavy (non-hydrogen) atoms. The lowest BCUT2D eigenvalue weighted by atomic mass is 10.2. The van der Waals surface area contributed by atoms with Gasteiger partial charge in [0.05, 0.1) is 11.8 Å². The Morgan fingerprint density at radius 3 is 2.68 bits per heavy atom. The molecule has 0 fully saturated rings. The molecule has 0 aromatic carbocycles. The lowest BCUT2D eigenvalue weighted by Crippen LogP contribution is -2.12. The first-order valence-electron chi connectivity index (χ1n) is 6.85. The van der Waals surface area contributed by atoms with Crippen LogP contribution in [0.5, 0.6) is 0 Å². The number of thiophene rings is 1. The summed E-state index contributed by atoms with van der Waals surface area (Å²) in [7, 11) is 0. The third kappa shape index (κ3) is 2.81. The maximum absolute atomic E-state index is 10.9. The number of hydrazone groups is 1. The van der Waals surface area contributed by atoms with E-state index in [2.05, 4.69) is 21.2 Å². The predicted molar refractivity (Wildman–Crippen MR) is 88.7 cm³/mol. The molecule has 2 aromatic heterocycles. The monoisotopic (exact) mass is 314 g/mol. The number of hydrogen-bond donors (Lipinski definition) is 1. The zero-order chi connectivity index (χ0) is 16.4. The summed E-state index contributed by atoms with van der Waals surface area (Å²) in [5, 5.41) is 14.3. The molecule has 1 amide bonds. The Labute approximate surface area is 133 Å². The Balaban J connectivity index is 2.52. The van der Waals surface area contributed by atoms with Crippen molar-refractivity contribution in [2.75, 3.05) is 0 Å². The number of carbonyl (C=O) groups excluding carboxylic acids is 1. The second-order valence-electron chi connectivity index (χ2n) is 5.16. The summed E-state index contributed by atoms with van der Waals surface area (Å²) in [6.45, 7) is 9.39. The fourth-order valence-corrected chi connectivity index (χ4v) is 3.54. The quantitative estimate of drug-likeness (QED) is 0.698. The minimum atomic E-state index is -0.207. The third-order valence-corrected chi connectivity index (χ3v) is 4.77. The van der Waals surface area contributed by atoms with E-state index >= 15 is 0 Å². The molecule has 0 spiro atoms. The van der Waals surface area contributed by atoms with E-state index in [-0.39, 0.29) is 5.91 Å². The van der Waals surface area contributed by atoms with Crippen molar-refractivity contribution < 1.29 is 4.79 Å². The molecule has 0 aliphatic carbocycles. The van der Waals surface area contributed by atoms with Crippen molar-refractivity contribution in [3.05, 3.63) is 39.0 Å². The third-order valence-electron chi connectivity index (χ3n) is 3.58. The summed E-state index contributed by atoms with van der Waals surface area (Å²) in [6.07, 6.45) is 1.62.